The van der Waals surface area contributed by atoms with Crippen LogP contribution in [0.3, 0.4) is 0 Å². The Morgan fingerprint density at radius 3 is 2.67 bits per heavy atom. The van der Waals surface area contributed by atoms with Crippen LogP contribution >= 0.6 is 24.0 Å². The van der Waals surface area contributed by atoms with Crippen LogP contribution in [0.15, 0.2) is 29.3 Å². The molecule has 0 radical (unpaired) electrons. The average Bonchev–Trinajstić information content (AvgIpc) is 2.61. The van der Waals surface area contributed by atoms with E-state index < -0.39 is 17.8 Å². The number of aliphatic hydroxyl groups is 1. The molecule has 0 aliphatic rings. The molecule has 156 valence electrons. The number of nitrogens with one attached hydrogen (secondary N) is 2. The smallest absolute Gasteiger partial charge is 0.416 e. The standard InChI is InChI=1S/C17H26F3N3O3.HI/c1-3-21-16(22-8-5-9-25-2)23-11-14(24)12-26-15-7-4-6-13(10-15)17(18,19)20;/h4,6-7,10,14,24H,3,5,8-9,11-12H2,1-2H3,(H2,21,22,23);1H. The number of rotatable bonds is 10. The quantitative estimate of drug-likeness (QED) is 0.198. The van der Waals surface area contributed by atoms with Crippen molar-refractivity contribution in [1.82, 2.24) is 10.6 Å². The van der Waals surface area contributed by atoms with Crippen molar-refractivity contribution in [3.05, 3.63) is 29.8 Å². The van der Waals surface area contributed by atoms with Crippen LogP contribution in [0, 0.1) is 0 Å². The molecule has 1 rings (SSSR count). The molecule has 10 heteroatoms. The topological polar surface area (TPSA) is 75.1 Å². The van der Waals surface area contributed by atoms with Crippen LogP contribution in [0.2, 0.25) is 0 Å². The molecule has 0 aliphatic carbocycles. The number of halogens is 4. The molecule has 0 amide bonds. The van der Waals surface area contributed by atoms with Gasteiger partial charge in [0.25, 0.3) is 0 Å². The van der Waals surface area contributed by atoms with Gasteiger partial charge in [-0.3, -0.25) is 4.99 Å². The zero-order valence-corrected chi connectivity index (χ0v) is 17.7. The molecule has 1 atom stereocenters. The van der Waals surface area contributed by atoms with Gasteiger partial charge in [0.2, 0.25) is 0 Å². The fourth-order valence-electron chi connectivity index (χ4n) is 1.97. The third-order valence-electron chi connectivity index (χ3n) is 3.23. The summed E-state index contributed by atoms with van der Waals surface area (Å²) in [5.41, 5.74) is -0.794. The van der Waals surface area contributed by atoms with Crippen LogP contribution in [0.25, 0.3) is 0 Å². The molecule has 0 heterocycles. The highest BCUT2D eigenvalue weighted by molar-refractivity contribution is 14.0. The highest BCUT2D eigenvalue weighted by Crippen LogP contribution is 2.31. The van der Waals surface area contributed by atoms with Crippen molar-refractivity contribution >= 4 is 29.9 Å². The van der Waals surface area contributed by atoms with Crippen molar-refractivity contribution in [2.24, 2.45) is 4.99 Å². The van der Waals surface area contributed by atoms with E-state index in [0.29, 0.717) is 25.7 Å². The second-order valence-electron chi connectivity index (χ2n) is 5.48. The van der Waals surface area contributed by atoms with E-state index in [-0.39, 0.29) is 42.9 Å². The largest absolute Gasteiger partial charge is 0.491 e. The molecule has 1 unspecified atom stereocenters. The number of hydrogen-bond donors (Lipinski definition) is 3. The Hall–Kier alpha value is -1.27. The highest BCUT2D eigenvalue weighted by Gasteiger charge is 2.30. The van der Waals surface area contributed by atoms with Gasteiger partial charge in [-0.05, 0) is 31.5 Å². The van der Waals surface area contributed by atoms with Crippen molar-refractivity contribution in [3.8, 4) is 5.75 Å². The molecule has 6 nitrogen and oxygen atoms in total. The van der Waals surface area contributed by atoms with E-state index in [0.717, 1.165) is 18.6 Å². The molecule has 3 N–H and O–H groups in total. The van der Waals surface area contributed by atoms with E-state index in [9.17, 15) is 18.3 Å². The van der Waals surface area contributed by atoms with E-state index in [1.165, 1.54) is 12.1 Å². The number of benzene rings is 1. The Labute approximate surface area is 174 Å². The first-order valence-corrected chi connectivity index (χ1v) is 8.36. The summed E-state index contributed by atoms with van der Waals surface area (Å²) in [5.74, 6) is 0.592. The fraction of sp³-hybridized carbons (Fsp3) is 0.588. The summed E-state index contributed by atoms with van der Waals surface area (Å²) in [6.07, 6.45) is -4.57. The molecule has 0 saturated carbocycles. The average molecular weight is 505 g/mol. The summed E-state index contributed by atoms with van der Waals surface area (Å²) in [6.45, 7) is 3.76. The van der Waals surface area contributed by atoms with Crippen LogP contribution in [0.4, 0.5) is 13.2 Å². The van der Waals surface area contributed by atoms with Gasteiger partial charge in [-0.1, -0.05) is 6.07 Å². The second kappa shape index (κ2) is 13.8. The summed E-state index contributed by atoms with van der Waals surface area (Å²) in [4.78, 5) is 4.22. The number of aliphatic imine (C=N–C) groups is 1. The summed E-state index contributed by atoms with van der Waals surface area (Å²) in [7, 11) is 1.63. The number of nitrogens with zero attached hydrogens (tertiary/aromatic N) is 1. The molecule has 1 aromatic carbocycles. The first kappa shape index (κ1) is 25.7. The Morgan fingerprint density at radius 1 is 1.30 bits per heavy atom. The zero-order chi connectivity index (χ0) is 19.4. The summed E-state index contributed by atoms with van der Waals surface area (Å²) >= 11 is 0. The number of aliphatic hydroxyl groups excluding tert-OH is 1. The van der Waals surface area contributed by atoms with E-state index in [4.69, 9.17) is 9.47 Å². The molecule has 27 heavy (non-hydrogen) atoms. The van der Waals surface area contributed by atoms with E-state index in [2.05, 4.69) is 15.6 Å². The summed E-state index contributed by atoms with van der Waals surface area (Å²) < 4.78 is 48.2. The first-order chi connectivity index (χ1) is 12.4. The normalized spacial score (nSPS) is 12.9. The molecule has 0 aromatic heterocycles. The SMILES string of the molecule is CCNC(=NCC(O)COc1cccc(C(F)(F)F)c1)NCCCOC.I. The predicted octanol–water partition coefficient (Wildman–Crippen LogP) is 2.65. The lowest BCUT2D eigenvalue weighted by Crippen LogP contribution is -2.39. The van der Waals surface area contributed by atoms with Gasteiger partial charge in [0, 0.05) is 26.8 Å². The minimum Gasteiger partial charge on any atom is -0.491 e. The zero-order valence-electron chi connectivity index (χ0n) is 15.4. The Bertz CT molecular complexity index is 560. The summed E-state index contributed by atoms with van der Waals surface area (Å²) in [6, 6.07) is 4.53. The van der Waals surface area contributed by atoms with Crippen molar-refractivity contribution in [2.45, 2.75) is 25.6 Å². The van der Waals surface area contributed by atoms with Crippen LogP contribution < -0.4 is 15.4 Å². The number of guanidine groups is 1. The van der Waals surface area contributed by atoms with Crippen molar-refractivity contribution < 1.29 is 27.8 Å². The Kier molecular flexibility index (Phi) is 13.2. The molecule has 1 aromatic rings. The van der Waals surface area contributed by atoms with Crippen LogP contribution in [0.5, 0.6) is 5.75 Å². The van der Waals surface area contributed by atoms with E-state index in [1.54, 1.807) is 7.11 Å². The minimum absolute atomic E-state index is 0. The van der Waals surface area contributed by atoms with Gasteiger partial charge in [0.05, 0.1) is 12.1 Å². The van der Waals surface area contributed by atoms with Gasteiger partial charge in [0.1, 0.15) is 18.5 Å². The van der Waals surface area contributed by atoms with Gasteiger partial charge < -0.3 is 25.2 Å². The molecule has 0 bridgehead atoms. The van der Waals surface area contributed by atoms with Gasteiger partial charge in [-0.25, -0.2) is 0 Å². The third-order valence-corrected chi connectivity index (χ3v) is 3.23. The van der Waals surface area contributed by atoms with Gasteiger partial charge in [-0.15, -0.1) is 24.0 Å². The van der Waals surface area contributed by atoms with Gasteiger partial charge >= 0.3 is 6.18 Å². The van der Waals surface area contributed by atoms with Gasteiger partial charge in [-0.2, -0.15) is 13.2 Å². The van der Waals surface area contributed by atoms with Gasteiger partial charge in [0.15, 0.2) is 5.96 Å². The van der Waals surface area contributed by atoms with E-state index in [1.807, 2.05) is 6.92 Å². The number of alkyl halides is 3. The summed E-state index contributed by atoms with van der Waals surface area (Å²) in [5, 5.41) is 16.1. The molecule has 0 aliphatic heterocycles. The second-order valence-corrected chi connectivity index (χ2v) is 5.48. The van der Waals surface area contributed by atoms with Crippen LogP contribution in [-0.4, -0.2) is 57.1 Å². The molecular formula is C17H27F3IN3O3. The van der Waals surface area contributed by atoms with Crippen LogP contribution in [-0.2, 0) is 10.9 Å². The van der Waals surface area contributed by atoms with Crippen molar-refractivity contribution in [2.75, 3.05) is 40.0 Å². The monoisotopic (exact) mass is 505 g/mol. The van der Waals surface area contributed by atoms with Crippen molar-refractivity contribution in [1.29, 1.82) is 0 Å². The first-order valence-electron chi connectivity index (χ1n) is 8.36. The maximum atomic E-state index is 12.7. The molecule has 0 saturated heterocycles. The highest BCUT2D eigenvalue weighted by atomic mass is 127. The number of ether oxygens (including phenoxy) is 2. The fourth-order valence-corrected chi connectivity index (χ4v) is 1.97. The van der Waals surface area contributed by atoms with Crippen molar-refractivity contribution in [3.63, 3.8) is 0 Å². The number of hydrogen-bond acceptors (Lipinski definition) is 4. The molecule has 0 spiro atoms. The minimum atomic E-state index is -4.43. The van der Waals surface area contributed by atoms with Crippen LogP contribution in [0.1, 0.15) is 18.9 Å². The maximum Gasteiger partial charge on any atom is 0.416 e. The molecular weight excluding hydrogens is 478 g/mol. The number of methoxy groups -OCH3 is 1. The molecule has 0 fully saturated rings. The Balaban J connectivity index is 0.00000676. The lowest BCUT2D eigenvalue weighted by molar-refractivity contribution is -0.137. The van der Waals surface area contributed by atoms with E-state index >= 15 is 0 Å². The predicted molar refractivity (Wildman–Crippen MR) is 109 cm³/mol. The third kappa shape index (κ3) is 11.2. The Morgan fingerprint density at radius 2 is 2.04 bits per heavy atom. The lowest BCUT2D eigenvalue weighted by Gasteiger charge is -2.14. The maximum absolute atomic E-state index is 12.7. The lowest BCUT2D eigenvalue weighted by atomic mass is 10.2.